The first-order chi connectivity index (χ1) is 13.4. The van der Waals surface area contributed by atoms with Crippen molar-refractivity contribution in [2.24, 2.45) is 5.41 Å². The molecule has 2 aromatic heterocycles. The highest BCUT2D eigenvalue weighted by molar-refractivity contribution is 5.89. The number of hydrogen-bond acceptors (Lipinski definition) is 1. The van der Waals surface area contributed by atoms with Crippen LogP contribution >= 0.6 is 0 Å². The first kappa shape index (κ1) is 18.2. The molecule has 0 aliphatic carbocycles. The summed E-state index contributed by atoms with van der Waals surface area (Å²) >= 11 is 0. The van der Waals surface area contributed by atoms with E-state index in [1.807, 2.05) is 18.6 Å². The van der Waals surface area contributed by atoms with Crippen molar-refractivity contribution in [2.75, 3.05) is 0 Å². The Kier molecular flexibility index (Phi) is 4.64. The van der Waals surface area contributed by atoms with E-state index in [-0.39, 0.29) is 5.41 Å². The normalized spacial score (nSPS) is 12.5. The van der Waals surface area contributed by atoms with Crippen molar-refractivity contribution in [3.63, 3.8) is 0 Å². The molecule has 0 N–H and O–H groups in total. The van der Waals surface area contributed by atoms with E-state index in [9.17, 15) is 0 Å². The molecule has 0 radical (unpaired) electrons. The number of nitrogens with zero attached hydrogens (tertiary/aromatic N) is 2. The highest BCUT2D eigenvalue weighted by Gasteiger charge is 2.16. The van der Waals surface area contributed by atoms with Gasteiger partial charge in [0.05, 0.1) is 23.7 Å². The number of aryl methyl sites for hydroxylation is 1. The molecule has 0 saturated heterocycles. The number of benzene rings is 2. The molecule has 2 heteroatoms. The lowest BCUT2D eigenvalue weighted by molar-refractivity contribution is 0.546. The zero-order valence-electron chi connectivity index (χ0n) is 17.0. The first-order valence-electron chi connectivity index (χ1n) is 9.73. The lowest BCUT2D eigenvalue weighted by atomic mass is 9.87. The number of aromatic nitrogens is 2. The minimum Gasteiger partial charge on any atom is -0.298 e. The fourth-order valence-corrected chi connectivity index (χ4v) is 3.65. The maximum Gasteiger partial charge on any atom is 0.0997 e. The fourth-order valence-electron chi connectivity index (χ4n) is 3.65. The average Bonchev–Trinajstić information content (AvgIpc) is 3.15. The molecule has 0 fully saturated rings. The molecule has 0 amide bonds. The van der Waals surface area contributed by atoms with Gasteiger partial charge < -0.3 is 0 Å². The Balaban J connectivity index is 1.96. The summed E-state index contributed by atoms with van der Waals surface area (Å²) in [6.07, 6.45) is 6.24. The standard InChI is InChI=1S/C26H26N2/c1-19-9-8-12-21(15-19)23(16-26(2,3)4)22-13-14-24(20-10-6-5-7-11-20)28-18-27-17-25(22)28/h5-18H,1-4H3/b23-16+. The lowest BCUT2D eigenvalue weighted by Gasteiger charge is -2.19. The summed E-state index contributed by atoms with van der Waals surface area (Å²) < 4.78 is 2.19. The van der Waals surface area contributed by atoms with Gasteiger partial charge in [-0.15, -0.1) is 0 Å². The number of imidazole rings is 1. The van der Waals surface area contributed by atoms with Crippen LogP contribution in [0.1, 0.15) is 37.5 Å². The molecule has 0 spiro atoms. The van der Waals surface area contributed by atoms with Gasteiger partial charge in [-0.2, -0.15) is 0 Å². The molecule has 0 aliphatic rings. The molecule has 28 heavy (non-hydrogen) atoms. The molecular formula is C26H26N2. The van der Waals surface area contributed by atoms with Crippen LogP contribution in [0.3, 0.4) is 0 Å². The average molecular weight is 367 g/mol. The minimum atomic E-state index is 0.0637. The Labute approximate surface area is 167 Å². The molecule has 0 aliphatic heterocycles. The van der Waals surface area contributed by atoms with Crippen LogP contribution in [0.2, 0.25) is 0 Å². The predicted molar refractivity (Wildman–Crippen MR) is 118 cm³/mol. The van der Waals surface area contributed by atoms with E-state index >= 15 is 0 Å². The molecule has 140 valence electrons. The Bertz CT molecular complexity index is 1140. The minimum absolute atomic E-state index is 0.0637. The van der Waals surface area contributed by atoms with E-state index < -0.39 is 0 Å². The number of rotatable bonds is 3. The quantitative estimate of drug-likeness (QED) is 0.390. The third-order valence-corrected chi connectivity index (χ3v) is 4.85. The third-order valence-electron chi connectivity index (χ3n) is 4.85. The maximum atomic E-state index is 4.47. The van der Waals surface area contributed by atoms with Gasteiger partial charge in [0, 0.05) is 5.56 Å². The molecule has 2 heterocycles. The van der Waals surface area contributed by atoms with Crippen molar-refractivity contribution in [3.8, 4) is 11.3 Å². The molecule has 0 unspecified atom stereocenters. The van der Waals surface area contributed by atoms with Crippen molar-refractivity contribution in [1.29, 1.82) is 0 Å². The van der Waals surface area contributed by atoms with Gasteiger partial charge in [-0.25, -0.2) is 4.98 Å². The van der Waals surface area contributed by atoms with Gasteiger partial charge in [0.2, 0.25) is 0 Å². The summed E-state index contributed by atoms with van der Waals surface area (Å²) in [4.78, 5) is 4.47. The number of allylic oxidation sites excluding steroid dienone is 1. The highest BCUT2D eigenvalue weighted by atomic mass is 15.0. The van der Waals surface area contributed by atoms with Crippen LogP contribution in [-0.4, -0.2) is 9.38 Å². The van der Waals surface area contributed by atoms with Gasteiger partial charge in [0.25, 0.3) is 0 Å². The second-order valence-electron chi connectivity index (χ2n) is 8.44. The maximum absolute atomic E-state index is 4.47. The predicted octanol–water partition coefficient (Wildman–Crippen LogP) is 6.79. The summed E-state index contributed by atoms with van der Waals surface area (Å²) in [5, 5.41) is 0. The van der Waals surface area contributed by atoms with Crippen LogP contribution in [-0.2, 0) is 0 Å². The molecular weight excluding hydrogens is 340 g/mol. The molecule has 0 bridgehead atoms. The van der Waals surface area contributed by atoms with E-state index in [0.29, 0.717) is 0 Å². The van der Waals surface area contributed by atoms with Crippen LogP contribution in [0.5, 0.6) is 0 Å². The lowest BCUT2D eigenvalue weighted by Crippen LogP contribution is -2.04. The Morgan fingerprint density at radius 2 is 1.71 bits per heavy atom. The molecule has 0 atom stereocenters. The van der Waals surface area contributed by atoms with Crippen LogP contribution in [0.15, 0.2) is 85.3 Å². The van der Waals surface area contributed by atoms with E-state index in [2.05, 4.69) is 104 Å². The van der Waals surface area contributed by atoms with E-state index in [4.69, 9.17) is 0 Å². The largest absolute Gasteiger partial charge is 0.298 e. The van der Waals surface area contributed by atoms with Gasteiger partial charge >= 0.3 is 0 Å². The number of fused-ring (bicyclic) bond motifs is 1. The first-order valence-corrected chi connectivity index (χ1v) is 9.73. The van der Waals surface area contributed by atoms with Crippen LogP contribution in [0.4, 0.5) is 0 Å². The number of hydrogen-bond donors (Lipinski definition) is 0. The van der Waals surface area contributed by atoms with Gasteiger partial charge in [0.1, 0.15) is 0 Å². The summed E-state index contributed by atoms with van der Waals surface area (Å²) in [6.45, 7) is 8.88. The molecule has 4 rings (SSSR count). The van der Waals surface area contributed by atoms with E-state index in [1.54, 1.807) is 0 Å². The highest BCUT2D eigenvalue weighted by Crippen LogP contribution is 2.34. The van der Waals surface area contributed by atoms with Crippen molar-refractivity contribution < 1.29 is 0 Å². The Morgan fingerprint density at radius 3 is 2.43 bits per heavy atom. The summed E-state index contributed by atoms with van der Waals surface area (Å²) in [5.41, 5.74) is 8.49. The topological polar surface area (TPSA) is 17.3 Å². The van der Waals surface area contributed by atoms with Gasteiger partial charge in [0.15, 0.2) is 0 Å². The van der Waals surface area contributed by atoms with Gasteiger partial charge in [-0.1, -0.05) is 93.1 Å². The molecule has 2 aromatic carbocycles. The molecule has 0 saturated carbocycles. The zero-order valence-corrected chi connectivity index (χ0v) is 17.0. The van der Waals surface area contributed by atoms with E-state index in [1.165, 1.54) is 27.8 Å². The second-order valence-corrected chi connectivity index (χ2v) is 8.44. The van der Waals surface area contributed by atoms with Crippen LogP contribution in [0, 0.1) is 12.3 Å². The van der Waals surface area contributed by atoms with Crippen molar-refractivity contribution in [1.82, 2.24) is 9.38 Å². The fraction of sp³-hybridized carbons (Fsp3) is 0.192. The van der Waals surface area contributed by atoms with E-state index in [0.717, 1.165) is 11.2 Å². The number of pyridine rings is 1. The summed E-state index contributed by atoms with van der Waals surface area (Å²) in [7, 11) is 0. The summed E-state index contributed by atoms with van der Waals surface area (Å²) in [6, 6.07) is 23.6. The van der Waals surface area contributed by atoms with Crippen molar-refractivity contribution in [3.05, 3.63) is 102 Å². The second kappa shape index (κ2) is 7.12. The molecule has 2 nitrogen and oxygen atoms in total. The summed E-state index contributed by atoms with van der Waals surface area (Å²) in [5.74, 6) is 0. The molecule has 4 aromatic rings. The SMILES string of the molecule is Cc1cccc(/C(=C\C(C)(C)C)c2ccc(-c3ccccc3)n3cncc23)c1. The Hall–Kier alpha value is -3.13. The van der Waals surface area contributed by atoms with Crippen molar-refractivity contribution in [2.45, 2.75) is 27.7 Å². The van der Waals surface area contributed by atoms with Gasteiger partial charge in [-0.3, -0.25) is 4.40 Å². The van der Waals surface area contributed by atoms with Gasteiger partial charge in [-0.05, 0) is 35.1 Å². The van der Waals surface area contributed by atoms with Crippen LogP contribution in [0.25, 0.3) is 22.3 Å². The monoisotopic (exact) mass is 366 g/mol. The van der Waals surface area contributed by atoms with Crippen LogP contribution < -0.4 is 0 Å². The van der Waals surface area contributed by atoms with Crippen molar-refractivity contribution >= 4 is 11.1 Å². The smallest absolute Gasteiger partial charge is 0.0997 e. The third kappa shape index (κ3) is 3.63. The zero-order chi connectivity index (χ0) is 19.7. The Morgan fingerprint density at radius 1 is 0.929 bits per heavy atom.